The van der Waals surface area contributed by atoms with E-state index in [9.17, 15) is 4.79 Å². The largest absolute Gasteiger partial charge is 0.497 e. The van der Waals surface area contributed by atoms with Crippen LogP contribution in [0.1, 0.15) is 15.9 Å². The minimum Gasteiger partial charge on any atom is -0.497 e. The number of benzene rings is 2. The second-order valence-electron chi connectivity index (χ2n) is 5.36. The van der Waals surface area contributed by atoms with Crippen LogP contribution in [0.15, 0.2) is 67.0 Å². The summed E-state index contributed by atoms with van der Waals surface area (Å²) in [6, 6.07) is 17.1. The molecule has 0 aliphatic carbocycles. The minimum atomic E-state index is -0.0908. The van der Waals surface area contributed by atoms with E-state index in [4.69, 9.17) is 4.74 Å². The third-order valence-corrected chi connectivity index (χ3v) is 3.71. The lowest BCUT2D eigenvalue weighted by molar-refractivity contribution is 0.0954. The quantitative estimate of drug-likeness (QED) is 0.759. The van der Waals surface area contributed by atoms with Gasteiger partial charge in [0.2, 0.25) is 0 Å². The number of amides is 1. The van der Waals surface area contributed by atoms with Gasteiger partial charge in [-0.3, -0.25) is 4.79 Å². The molecule has 1 amide bonds. The standard InChI is InChI=1S/C19H19N3O2/c1-24-18-8-2-5-15(13-18)9-11-20-19(23)16-6-3-7-17(14-16)22-12-4-10-21-22/h2-8,10,12-14H,9,11H2,1H3,(H,20,23). The summed E-state index contributed by atoms with van der Waals surface area (Å²) in [5.41, 5.74) is 2.61. The van der Waals surface area contributed by atoms with Crippen LogP contribution in [0, 0.1) is 0 Å². The molecule has 0 radical (unpaired) electrons. The van der Waals surface area contributed by atoms with Gasteiger partial charge in [-0.05, 0) is 48.4 Å². The highest BCUT2D eigenvalue weighted by molar-refractivity contribution is 5.94. The fourth-order valence-electron chi connectivity index (χ4n) is 2.46. The Morgan fingerprint density at radius 2 is 2.04 bits per heavy atom. The lowest BCUT2D eigenvalue weighted by Crippen LogP contribution is -2.25. The first-order chi connectivity index (χ1) is 11.8. The van der Waals surface area contributed by atoms with Gasteiger partial charge in [0.15, 0.2) is 0 Å². The number of aromatic nitrogens is 2. The van der Waals surface area contributed by atoms with Crippen LogP contribution < -0.4 is 10.1 Å². The van der Waals surface area contributed by atoms with E-state index >= 15 is 0 Å². The number of hydrogen-bond acceptors (Lipinski definition) is 3. The van der Waals surface area contributed by atoms with Crippen molar-refractivity contribution < 1.29 is 9.53 Å². The summed E-state index contributed by atoms with van der Waals surface area (Å²) in [6.07, 6.45) is 4.31. The predicted octanol–water partition coefficient (Wildman–Crippen LogP) is 2.85. The Morgan fingerprint density at radius 1 is 1.17 bits per heavy atom. The normalized spacial score (nSPS) is 10.4. The molecular weight excluding hydrogens is 302 g/mol. The summed E-state index contributed by atoms with van der Waals surface area (Å²) >= 11 is 0. The Labute approximate surface area is 140 Å². The summed E-state index contributed by atoms with van der Waals surface area (Å²) in [4.78, 5) is 12.3. The highest BCUT2D eigenvalue weighted by Crippen LogP contribution is 2.13. The number of rotatable bonds is 6. The van der Waals surface area contributed by atoms with Crippen LogP contribution in [0.4, 0.5) is 0 Å². The van der Waals surface area contributed by atoms with Gasteiger partial charge in [0.1, 0.15) is 5.75 Å². The molecule has 24 heavy (non-hydrogen) atoms. The Hall–Kier alpha value is -3.08. The zero-order valence-electron chi connectivity index (χ0n) is 13.5. The molecule has 0 saturated carbocycles. The maximum atomic E-state index is 12.3. The molecule has 5 nitrogen and oxygen atoms in total. The smallest absolute Gasteiger partial charge is 0.251 e. The second-order valence-corrected chi connectivity index (χ2v) is 5.36. The molecule has 3 aromatic rings. The first-order valence-corrected chi connectivity index (χ1v) is 7.77. The van der Waals surface area contributed by atoms with Gasteiger partial charge in [-0.15, -0.1) is 0 Å². The molecule has 1 N–H and O–H groups in total. The van der Waals surface area contributed by atoms with E-state index in [2.05, 4.69) is 10.4 Å². The zero-order chi connectivity index (χ0) is 16.8. The molecule has 0 atom stereocenters. The molecule has 0 fully saturated rings. The zero-order valence-corrected chi connectivity index (χ0v) is 13.5. The highest BCUT2D eigenvalue weighted by Gasteiger charge is 2.07. The Morgan fingerprint density at radius 3 is 2.83 bits per heavy atom. The van der Waals surface area contributed by atoms with Crippen LogP contribution in [-0.4, -0.2) is 29.3 Å². The molecule has 0 bridgehead atoms. The number of ether oxygens (including phenoxy) is 1. The van der Waals surface area contributed by atoms with Gasteiger partial charge < -0.3 is 10.1 Å². The first kappa shape index (κ1) is 15.8. The van der Waals surface area contributed by atoms with Crippen LogP contribution in [0.5, 0.6) is 5.75 Å². The summed E-state index contributed by atoms with van der Waals surface area (Å²) in [7, 11) is 1.65. The summed E-state index contributed by atoms with van der Waals surface area (Å²) < 4.78 is 6.93. The van der Waals surface area contributed by atoms with Crippen molar-refractivity contribution in [3.63, 3.8) is 0 Å². The SMILES string of the molecule is COc1cccc(CCNC(=O)c2cccc(-n3cccn3)c2)c1. The van der Waals surface area contributed by atoms with E-state index in [-0.39, 0.29) is 5.91 Å². The maximum absolute atomic E-state index is 12.3. The lowest BCUT2D eigenvalue weighted by Gasteiger charge is -2.08. The Kier molecular flexibility index (Phi) is 4.91. The Bertz CT molecular complexity index is 813. The monoisotopic (exact) mass is 321 g/mol. The van der Waals surface area contributed by atoms with Crippen molar-refractivity contribution >= 4 is 5.91 Å². The fraction of sp³-hybridized carbons (Fsp3) is 0.158. The molecule has 1 heterocycles. The first-order valence-electron chi connectivity index (χ1n) is 7.77. The lowest BCUT2D eigenvalue weighted by atomic mass is 10.1. The molecule has 122 valence electrons. The Balaban J connectivity index is 1.60. The molecule has 2 aromatic carbocycles. The molecular formula is C19H19N3O2. The van der Waals surface area contributed by atoms with E-state index < -0.39 is 0 Å². The number of methoxy groups -OCH3 is 1. The van der Waals surface area contributed by atoms with E-state index in [1.54, 1.807) is 24.1 Å². The van der Waals surface area contributed by atoms with Crippen LogP contribution in [0.2, 0.25) is 0 Å². The molecule has 0 unspecified atom stereocenters. The van der Waals surface area contributed by atoms with Gasteiger partial charge in [0, 0.05) is 24.5 Å². The molecule has 3 rings (SSSR count). The van der Waals surface area contributed by atoms with Crippen molar-refractivity contribution in [2.24, 2.45) is 0 Å². The average molecular weight is 321 g/mol. The van der Waals surface area contributed by atoms with Crippen molar-refractivity contribution in [2.75, 3.05) is 13.7 Å². The van der Waals surface area contributed by atoms with Gasteiger partial charge in [0.05, 0.1) is 12.8 Å². The van der Waals surface area contributed by atoms with Crippen LogP contribution in [0.25, 0.3) is 5.69 Å². The van der Waals surface area contributed by atoms with Crippen molar-refractivity contribution in [3.05, 3.63) is 78.1 Å². The number of carbonyl (C=O) groups excluding carboxylic acids is 1. The van der Waals surface area contributed by atoms with Crippen LogP contribution >= 0.6 is 0 Å². The van der Waals surface area contributed by atoms with Crippen LogP contribution in [0.3, 0.4) is 0 Å². The molecule has 1 aromatic heterocycles. The van der Waals surface area contributed by atoms with E-state index in [0.717, 1.165) is 23.4 Å². The van der Waals surface area contributed by atoms with Crippen LogP contribution in [-0.2, 0) is 6.42 Å². The van der Waals surface area contributed by atoms with Crippen molar-refractivity contribution in [2.45, 2.75) is 6.42 Å². The van der Waals surface area contributed by atoms with Gasteiger partial charge >= 0.3 is 0 Å². The average Bonchev–Trinajstić information content (AvgIpc) is 3.17. The summed E-state index contributed by atoms with van der Waals surface area (Å²) in [5.74, 6) is 0.734. The number of nitrogens with one attached hydrogen (secondary N) is 1. The summed E-state index contributed by atoms with van der Waals surface area (Å²) in [6.45, 7) is 0.567. The molecule has 0 aliphatic heterocycles. The second kappa shape index (κ2) is 7.46. The van der Waals surface area contributed by atoms with Crippen molar-refractivity contribution in [1.29, 1.82) is 0 Å². The number of carbonyl (C=O) groups is 1. The number of hydrogen-bond donors (Lipinski definition) is 1. The van der Waals surface area contributed by atoms with Gasteiger partial charge in [-0.2, -0.15) is 5.10 Å². The van der Waals surface area contributed by atoms with Gasteiger partial charge in [-0.25, -0.2) is 4.68 Å². The minimum absolute atomic E-state index is 0.0908. The maximum Gasteiger partial charge on any atom is 0.251 e. The highest BCUT2D eigenvalue weighted by atomic mass is 16.5. The van der Waals surface area contributed by atoms with E-state index in [1.807, 2.05) is 54.7 Å². The van der Waals surface area contributed by atoms with Crippen molar-refractivity contribution in [3.8, 4) is 11.4 Å². The molecule has 0 aliphatic rings. The predicted molar refractivity (Wildman–Crippen MR) is 92.6 cm³/mol. The summed E-state index contributed by atoms with van der Waals surface area (Å²) in [5, 5.41) is 7.13. The third kappa shape index (κ3) is 3.81. The fourth-order valence-corrected chi connectivity index (χ4v) is 2.46. The molecule has 0 saturated heterocycles. The third-order valence-electron chi connectivity index (χ3n) is 3.71. The van der Waals surface area contributed by atoms with Gasteiger partial charge in [0.25, 0.3) is 5.91 Å². The topological polar surface area (TPSA) is 56.1 Å². The van der Waals surface area contributed by atoms with Gasteiger partial charge in [-0.1, -0.05) is 18.2 Å². The van der Waals surface area contributed by atoms with Crippen molar-refractivity contribution in [1.82, 2.24) is 15.1 Å². The van der Waals surface area contributed by atoms with E-state index in [1.165, 1.54) is 0 Å². The molecule has 5 heteroatoms. The number of nitrogens with zero attached hydrogens (tertiary/aromatic N) is 2. The molecule has 0 spiro atoms. The van der Waals surface area contributed by atoms with E-state index in [0.29, 0.717) is 12.1 Å².